The molecular formula is C28H36N8O5. The van der Waals surface area contributed by atoms with Gasteiger partial charge in [0, 0.05) is 20.3 Å². The van der Waals surface area contributed by atoms with E-state index in [1.807, 2.05) is 0 Å². The second-order valence-corrected chi connectivity index (χ2v) is 10.5. The van der Waals surface area contributed by atoms with Gasteiger partial charge < -0.3 is 30.2 Å². The van der Waals surface area contributed by atoms with E-state index in [2.05, 4.69) is 30.6 Å². The second kappa shape index (κ2) is 13.7. The van der Waals surface area contributed by atoms with Gasteiger partial charge in [0.1, 0.15) is 29.4 Å². The fourth-order valence-electron chi connectivity index (χ4n) is 4.97. The van der Waals surface area contributed by atoms with Gasteiger partial charge in [-0.15, -0.1) is 0 Å². The Bertz CT molecular complexity index is 1470. The zero-order valence-corrected chi connectivity index (χ0v) is 23.3. The number of carbonyl (C=O) groups excluding carboxylic acids is 2. The zero-order chi connectivity index (χ0) is 29.4. The van der Waals surface area contributed by atoms with Crippen molar-refractivity contribution in [3.8, 4) is 0 Å². The van der Waals surface area contributed by atoms with Gasteiger partial charge in [-0.2, -0.15) is 0 Å². The molecule has 13 nitrogen and oxygen atoms in total. The normalized spacial score (nSPS) is 14.7. The Kier molecular flexibility index (Phi) is 9.82. The summed E-state index contributed by atoms with van der Waals surface area (Å²) in [4.78, 5) is 67.1. The molecule has 0 aromatic carbocycles. The van der Waals surface area contributed by atoms with Crippen LogP contribution in [-0.2, 0) is 22.6 Å². The number of hydrogen-bond donors (Lipinski definition) is 4. The summed E-state index contributed by atoms with van der Waals surface area (Å²) in [6.45, 7) is 0.114. The molecule has 4 N–H and O–H groups in total. The maximum atomic E-state index is 13.2. The van der Waals surface area contributed by atoms with Crippen LogP contribution in [0.5, 0.6) is 0 Å². The Morgan fingerprint density at radius 2 is 2.00 bits per heavy atom. The van der Waals surface area contributed by atoms with Crippen molar-refractivity contribution in [1.82, 2.24) is 34.7 Å². The standard InChI is InChI=1S/C28H36N8O5/c1-35(2)23(37)13-7-6-11-19(32-28(40)41)26(38)31-20-12-8-14-36(27(20)39)16-22-33-24-21(29-17-30-25(24)34-22)15-18-9-4-3-5-10-18/h7-8,12-14,17-19,32H,3-6,9-11,15-16H2,1-2H3,(H,31,38)(H,40,41)(H,29,30,33,34)/b13-7+. The number of hydrogen-bond acceptors (Lipinski definition) is 7. The number of rotatable bonds is 11. The van der Waals surface area contributed by atoms with Crippen LogP contribution < -0.4 is 16.2 Å². The number of nitrogens with one attached hydrogen (secondary N) is 3. The topological polar surface area (TPSA) is 175 Å². The molecule has 0 bridgehead atoms. The molecule has 3 aromatic heterocycles. The Hall–Kier alpha value is -4.55. The summed E-state index contributed by atoms with van der Waals surface area (Å²) in [5.41, 5.74) is 1.77. The van der Waals surface area contributed by atoms with Crippen LogP contribution in [0.4, 0.5) is 10.5 Å². The van der Waals surface area contributed by atoms with Crippen LogP contribution in [0.2, 0.25) is 0 Å². The van der Waals surface area contributed by atoms with E-state index < -0.39 is 23.6 Å². The number of amides is 3. The van der Waals surface area contributed by atoms with Crippen LogP contribution >= 0.6 is 0 Å². The molecule has 1 aliphatic rings. The van der Waals surface area contributed by atoms with Crippen molar-refractivity contribution in [1.29, 1.82) is 0 Å². The summed E-state index contributed by atoms with van der Waals surface area (Å²) in [6.07, 6.45) is 12.0. The molecule has 0 saturated heterocycles. The molecule has 3 amide bonds. The smallest absolute Gasteiger partial charge is 0.405 e. The number of fused-ring (bicyclic) bond motifs is 1. The number of H-pyrrole nitrogens is 1. The first kappa shape index (κ1) is 29.4. The van der Waals surface area contributed by atoms with Gasteiger partial charge in [-0.1, -0.05) is 38.2 Å². The maximum Gasteiger partial charge on any atom is 0.405 e. The minimum atomic E-state index is -1.38. The lowest BCUT2D eigenvalue weighted by atomic mass is 9.86. The Morgan fingerprint density at radius 1 is 1.22 bits per heavy atom. The monoisotopic (exact) mass is 564 g/mol. The third-order valence-corrected chi connectivity index (χ3v) is 7.16. The third-order valence-electron chi connectivity index (χ3n) is 7.16. The van der Waals surface area contributed by atoms with Gasteiger partial charge in [-0.05, 0) is 43.4 Å². The molecule has 1 saturated carbocycles. The van der Waals surface area contributed by atoms with Crippen LogP contribution in [-0.4, -0.2) is 72.6 Å². The van der Waals surface area contributed by atoms with Crippen molar-refractivity contribution in [3.63, 3.8) is 0 Å². The van der Waals surface area contributed by atoms with Gasteiger partial charge in [0.25, 0.3) is 5.56 Å². The first-order valence-electron chi connectivity index (χ1n) is 13.8. The molecule has 0 spiro atoms. The number of allylic oxidation sites excluding steroid dienone is 1. The third kappa shape index (κ3) is 7.99. The van der Waals surface area contributed by atoms with Crippen molar-refractivity contribution in [2.24, 2.45) is 5.92 Å². The van der Waals surface area contributed by atoms with Crippen LogP contribution in [0.15, 0.2) is 41.6 Å². The lowest BCUT2D eigenvalue weighted by Crippen LogP contribution is -2.44. The molecule has 41 heavy (non-hydrogen) atoms. The lowest BCUT2D eigenvalue weighted by Gasteiger charge is -2.20. The molecule has 218 valence electrons. The minimum Gasteiger partial charge on any atom is -0.465 e. The van der Waals surface area contributed by atoms with Gasteiger partial charge in [-0.3, -0.25) is 14.4 Å². The highest BCUT2D eigenvalue weighted by Crippen LogP contribution is 2.27. The van der Waals surface area contributed by atoms with Gasteiger partial charge >= 0.3 is 6.09 Å². The Balaban J connectivity index is 1.45. The van der Waals surface area contributed by atoms with E-state index in [1.165, 1.54) is 60.0 Å². The highest BCUT2D eigenvalue weighted by molar-refractivity contribution is 5.96. The Labute approximate surface area is 237 Å². The SMILES string of the molecule is CN(C)C(=O)/C=C/CCC(NC(=O)O)C(=O)Nc1cccn(Cc2nc3ncnc(CC4CCCCC4)c3[nH]2)c1=O. The van der Waals surface area contributed by atoms with Crippen LogP contribution in [0.3, 0.4) is 0 Å². The summed E-state index contributed by atoms with van der Waals surface area (Å²) in [6, 6.07) is 1.94. The molecule has 1 unspecified atom stereocenters. The van der Waals surface area contributed by atoms with Gasteiger partial charge in [-0.25, -0.2) is 19.7 Å². The highest BCUT2D eigenvalue weighted by Gasteiger charge is 2.22. The second-order valence-electron chi connectivity index (χ2n) is 10.5. The molecule has 3 aromatic rings. The molecule has 1 atom stereocenters. The number of anilines is 1. The number of pyridine rings is 1. The number of nitrogens with zero attached hydrogens (tertiary/aromatic N) is 5. The zero-order valence-electron chi connectivity index (χ0n) is 23.3. The minimum absolute atomic E-state index is 0.00177. The molecule has 3 heterocycles. The predicted octanol–water partition coefficient (Wildman–Crippen LogP) is 2.68. The number of likely N-dealkylation sites (N-methyl/N-ethyl adjacent to an activating group) is 1. The average Bonchev–Trinajstić information content (AvgIpc) is 3.36. The molecule has 1 fully saturated rings. The van der Waals surface area contributed by atoms with Crippen molar-refractivity contribution >= 4 is 34.8 Å². The summed E-state index contributed by atoms with van der Waals surface area (Å²) >= 11 is 0. The van der Waals surface area contributed by atoms with E-state index in [1.54, 1.807) is 32.4 Å². The van der Waals surface area contributed by atoms with E-state index in [0.29, 0.717) is 17.4 Å². The molecule has 0 aliphatic heterocycles. The van der Waals surface area contributed by atoms with E-state index in [4.69, 9.17) is 0 Å². The predicted molar refractivity (Wildman–Crippen MR) is 152 cm³/mol. The van der Waals surface area contributed by atoms with Gasteiger partial charge in [0.2, 0.25) is 11.8 Å². The molecule has 4 rings (SSSR count). The van der Waals surface area contributed by atoms with E-state index in [0.717, 1.165) is 17.6 Å². The summed E-state index contributed by atoms with van der Waals surface area (Å²) in [5.74, 6) is 0.216. The number of carboxylic acid groups (broad SMARTS) is 1. The van der Waals surface area contributed by atoms with E-state index in [9.17, 15) is 24.3 Å². The number of aromatic nitrogens is 5. The van der Waals surface area contributed by atoms with Gasteiger partial charge in [0.05, 0.1) is 12.2 Å². The highest BCUT2D eigenvalue weighted by atomic mass is 16.4. The van der Waals surface area contributed by atoms with Crippen LogP contribution in [0, 0.1) is 5.92 Å². The van der Waals surface area contributed by atoms with Crippen LogP contribution in [0.25, 0.3) is 11.2 Å². The quantitative estimate of drug-likeness (QED) is 0.257. The number of aromatic amines is 1. The molecule has 1 aliphatic carbocycles. The van der Waals surface area contributed by atoms with Crippen LogP contribution in [0.1, 0.15) is 56.5 Å². The maximum absolute atomic E-state index is 13.2. The van der Waals surface area contributed by atoms with E-state index >= 15 is 0 Å². The lowest BCUT2D eigenvalue weighted by molar-refractivity contribution is -0.123. The number of imidazole rings is 1. The molecule has 0 radical (unpaired) electrons. The van der Waals surface area contributed by atoms with Gasteiger partial charge in [0.15, 0.2) is 5.65 Å². The first-order valence-corrected chi connectivity index (χ1v) is 13.8. The fourth-order valence-corrected chi connectivity index (χ4v) is 4.97. The first-order chi connectivity index (χ1) is 19.7. The van der Waals surface area contributed by atoms with Crippen molar-refractivity contribution in [3.05, 3.63) is 58.7 Å². The summed E-state index contributed by atoms with van der Waals surface area (Å²) < 4.78 is 1.40. The van der Waals surface area contributed by atoms with E-state index in [-0.39, 0.29) is 31.0 Å². The Morgan fingerprint density at radius 3 is 2.73 bits per heavy atom. The largest absolute Gasteiger partial charge is 0.465 e. The average molecular weight is 565 g/mol. The molecular weight excluding hydrogens is 528 g/mol. The fraction of sp³-hybridized carbons (Fsp3) is 0.464. The molecule has 13 heteroatoms. The summed E-state index contributed by atoms with van der Waals surface area (Å²) in [7, 11) is 3.22. The van der Waals surface area contributed by atoms with Crippen molar-refractivity contribution in [2.75, 3.05) is 19.4 Å². The van der Waals surface area contributed by atoms with Crippen molar-refractivity contribution in [2.45, 2.75) is 64.0 Å². The summed E-state index contributed by atoms with van der Waals surface area (Å²) in [5, 5.41) is 13.9. The number of carbonyl (C=O) groups is 3. The van der Waals surface area contributed by atoms with Crippen molar-refractivity contribution < 1.29 is 19.5 Å².